The van der Waals surface area contributed by atoms with E-state index in [4.69, 9.17) is 0 Å². The highest BCUT2D eigenvalue weighted by Gasteiger charge is 2.22. The molecule has 1 saturated carbocycles. The van der Waals surface area contributed by atoms with Gasteiger partial charge in [0.15, 0.2) is 0 Å². The zero-order valence-corrected chi connectivity index (χ0v) is 12.5. The lowest BCUT2D eigenvalue weighted by atomic mass is 9.80. The Morgan fingerprint density at radius 1 is 1.40 bits per heavy atom. The van der Waals surface area contributed by atoms with Gasteiger partial charge in [0.1, 0.15) is 0 Å². The van der Waals surface area contributed by atoms with Crippen molar-refractivity contribution in [1.29, 1.82) is 0 Å². The molecule has 1 aliphatic carbocycles. The fraction of sp³-hybridized carbons (Fsp3) is 0.625. The minimum Gasteiger partial charge on any atom is -0.385 e. The van der Waals surface area contributed by atoms with E-state index in [0.29, 0.717) is 17.4 Å². The second-order valence-electron chi connectivity index (χ2n) is 5.68. The number of anilines is 1. The van der Waals surface area contributed by atoms with Gasteiger partial charge in [0.25, 0.3) is 5.91 Å². The fourth-order valence-electron chi connectivity index (χ4n) is 2.94. The van der Waals surface area contributed by atoms with Crippen LogP contribution < -0.4 is 10.6 Å². The molecule has 1 heterocycles. The predicted octanol–water partition coefficient (Wildman–Crippen LogP) is 3.07. The van der Waals surface area contributed by atoms with Crippen molar-refractivity contribution in [2.24, 2.45) is 11.8 Å². The number of carbonyl (C=O) groups excluding carboxylic acids is 1. The molecular weight excluding hydrogens is 250 g/mol. The monoisotopic (exact) mass is 275 g/mol. The largest absolute Gasteiger partial charge is 0.385 e. The van der Waals surface area contributed by atoms with Gasteiger partial charge in [0.05, 0.1) is 11.3 Å². The molecular formula is C16H25N3O. The molecule has 0 saturated heterocycles. The van der Waals surface area contributed by atoms with Gasteiger partial charge in [-0.2, -0.15) is 0 Å². The van der Waals surface area contributed by atoms with Crippen molar-refractivity contribution >= 4 is 11.6 Å². The molecule has 0 aromatic carbocycles. The first-order chi connectivity index (χ1) is 9.72. The second-order valence-corrected chi connectivity index (χ2v) is 5.68. The van der Waals surface area contributed by atoms with Crippen LogP contribution in [-0.4, -0.2) is 24.0 Å². The lowest BCUT2D eigenvalue weighted by Crippen LogP contribution is -2.33. The Morgan fingerprint density at radius 2 is 2.20 bits per heavy atom. The van der Waals surface area contributed by atoms with Gasteiger partial charge in [0, 0.05) is 25.5 Å². The molecule has 2 atom stereocenters. The smallest absolute Gasteiger partial charge is 0.254 e. The predicted molar refractivity (Wildman–Crippen MR) is 81.9 cm³/mol. The van der Waals surface area contributed by atoms with Gasteiger partial charge in [-0.15, -0.1) is 0 Å². The molecule has 2 rings (SSSR count). The topological polar surface area (TPSA) is 54.0 Å². The van der Waals surface area contributed by atoms with Gasteiger partial charge in [0.2, 0.25) is 0 Å². The summed E-state index contributed by atoms with van der Waals surface area (Å²) in [5, 5.41) is 6.28. The summed E-state index contributed by atoms with van der Waals surface area (Å²) in [6.07, 6.45) is 8.49. The minimum absolute atomic E-state index is 0.0215. The Labute approximate surface area is 121 Å². The summed E-state index contributed by atoms with van der Waals surface area (Å²) in [7, 11) is 0. The maximum Gasteiger partial charge on any atom is 0.254 e. The Kier molecular flexibility index (Phi) is 5.39. The molecule has 4 nitrogen and oxygen atoms in total. The number of hydrogen-bond acceptors (Lipinski definition) is 3. The number of pyridine rings is 1. The molecule has 0 bridgehead atoms. The summed E-state index contributed by atoms with van der Waals surface area (Å²) >= 11 is 0. The van der Waals surface area contributed by atoms with Crippen molar-refractivity contribution in [2.45, 2.75) is 39.5 Å². The van der Waals surface area contributed by atoms with Crippen LogP contribution in [0.2, 0.25) is 0 Å². The fourth-order valence-corrected chi connectivity index (χ4v) is 2.94. The average molecular weight is 275 g/mol. The van der Waals surface area contributed by atoms with Gasteiger partial charge in [-0.1, -0.05) is 26.2 Å². The molecule has 0 radical (unpaired) electrons. The number of rotatable bonds is 5. The van der Waals surface area contributed by atoms with E-state index in [-0.39, 0.29) is 5.91 Å². The van der Waals surface area contributed by atoms with Crippen molar-refractivity contribution < 1.29 is 4.79 Å². The molecule has 1 fully saturated rings. The Balaban J connectivity index is 1.94. The van der Waals surface area contributed by atoms with Crippen LogP contribution in [0.3, 0.4) is 0 Å². The van der Waals surface area contributed by atoms with Crippen LogP contribution in [0.5, 0.6) is 0 Å². The molecule has 20 heavy (non-hydrogen) atoms. The molecule has 1 aromatic heterocycles. The molecule has 1 amide bonds. The van der Waals surface area contributed by atoms with Gasteiger partial charge in [-0.05, 0) is 31.2 Å². The van der Waals surface area contributed by atoms with E-state index in [2.05, 4.69) is 22.5 Å². The number of aromatic nitrogens is 1. The molecule has 0 aliphatic heterocycles. The third kappa shape index (κ3) is 3.71. The zero-order chi connectivity index (χ0) is 14.4. The van der Waals surface area contributed by atoms with Crippen LogP contribution in [-0.2, 0) is 0 Å². The third-order valence-electron chi connectivity index (χ3n) is 4.25. The Morgan fingerprint density at radius 3 is 2.95 bits per heavy atom. The average Bonchev–Trinajstić information content (AvgIpc) is 2.47. The first-order valence-corrected chi connectivity index (χ1v) is 7.68. The number of amides is 1. The van der Waals surface area contributed by atoms with Crippen LogP contribution in [0.15, 0.2) is 18.5 Å². The number of nitrogens with one attached hydrogen (secondary N) is 2. The summed E-state index contributed by atoms with van der Waals surface area (Å²) in [6.45, 7) is 5.89. The van der Waals surface area contributed by atoms with Crippen molar-refractivity contribution in [3.63, 3.8) is 0 Å². The molecule has 2 N–H and O–H groups in total. The molecule has 1 aliphatic rings. The van der Waals surface area contributed by atoms with Crippen LogP contribution in [0.1, 0.15) is 49.9 Å². The van der Waals surface area contributed by atoms with E-state index >= 15 is 0 Å². The molecule has 1 aromatic rings. The van der Waals surface area contributed by atoms with E-state index in [9.17, 15) is 4.79 Å². The standard InChI is InChI=1S/C16H25N3O/c1-3-18-15-8-9-17-11-14(15)16(20)19-10-13-7-5-4-6-12(13)2/h8-9,11-13H,3-7,10H2,1-2H3,(H,17,18)(H,19,20). The minimum atomic E-state index is -0.0215. The Bertz CT molecular complexity index is 447. The van der Waals surface area contributed by atoms with Gasteiger partial charge in [-0.25, -0.2) is 0 Å². The maximum atomic E-state index is 12.3. The molecule has 110 valence electrons. The van der Waals surface area contributed by atoms with Crippen LogP contribution in [0.4, 0.5) is 5.69 Å². The first-order valence-electron chi connectivity index (χ1n) is 7.68. The lowest BCUT2D eigenvalue weighted by Gasteiger charge is -2.28. The number of carbonyl (C=O) groups is 1. The third-order valence-corrected chi connectivity index (χ3v) is 4.25. The van der Waals surface area contributed by atoms with E-state index in [1.807, 2.05) is 13.0 Å². The number of nitrogens with zero attached hydrogens (tertiary/aromatic N) is 1. The zero-order valence-electron chi connectivity index (χ0n) is 12.5. The lowest BCUT2D eigenvalue weighted by molar-refractivity contribution is 0.0937. The van der Waals surface area contributed by atoms with Crippen LogP contribution in [0.25, 0.3) is 0 Å². The SMILES string of the molecule is CCNc1ccncc1C(=O)NCC1CCCCC1C. The van der Waals surface area contributed by atoms with Crippen molar-refractivity contribution in [3.05, 3.63) is 24.0 Å². The summed E-state index contributed by atoms with van der Waals surface area (Å²) in [5.41, 5.74) is 1.49. The summed E-state index contributed by atoms with van der Waals surface area (Å²) in [4.78, 5) is 16.4. The van der Waals surface area contributed by atoms with E-state index < -0.39 is 0 Å². The van der Waals surface area contributed by atoms with Crippen molar-refractivity contribution in [1.82, 2.24) is 10.3 Å². The maximum absolute atomic E-state index is 12.3. The number of hydrogen-bond donors (Lipinski definition) is 2. The van der Waals surface area contributed by atoms with Crippen molar-refractivity contribution in [3.8, 4) is 0 Å². The van der Waals surface area contributed by atoms with Crippen LogP contribution in [0, 0.1) is 11.8 Å². The van der Waals surface area contributed by atoms with Crippen molar-refractivity contribution in [2.75, 3.05) is 18.4 Å². The second kappa shape index (κ2) is 7.27. The summed E-state index contributed by atoms with van der Waals surface area (Å²) < 4.78 is 0. The highest BCUT2D eigenvalue weighted by atomic mass is 16.1. The molecule has 4 heteroatoms. The van der Waals surface area contributed by atoms with Gasteiger partial charge >= 0.3 is 0 Å². The normalized spacial score (nSPS) is 22.3. The quantitative estimate of drug-likeness (QED) is 0.868. The Hall–Kier alpha value is -1.58. The highest BCUT2D eigenvalue weighted by molar-refractivity contribution is 5.99. The van der Waals surface area contributed by atoms with E-state index in [1.54, 1.807) is 12.4 Å². The summed E-state index contributed by atoms with van der Waals surface area (Å²) in [5.74, 6) is 1.31. The van der Waals surface area contributed by atoms with E-state index in [1.165, 1.54) is 25.7 Å². The summed E-state index contributed by atoms with van der Waals surface area (Å²) in [6, 6.07) is 1.85. The van der Waals surface area contributed by atoms with Gasteiger partial charge in [-0.3, -0.25) is 9.78 Å². The van der Waals surface area contributed by atoms with E-state index in [0.717, 1.165) is 18.8 Å². The van der Waals surface area contributed by atoms with Gasteiger partial charge < -0.3 is 10.6 Å². The van der Waals surface area contributed by atoms with Crippen LogP contribution >= 0.6 is 0 Å². The first kappa shape index (κ1) is 14.8. The highest BCUT2D eigenvalue weighted by Crippen LogP contribution is 2.29. The molecule has 2 unspecified atom stereocenters. The molecule has 0 spiro atoms.